The van der Waals surface area contributed by atoms with Crippen molar-refractivity contribution in [1.29, 1.82) is 0 Å². The molecular formula is C14H14N3+. The standard InChI is InChI=1S/C14H13N3/c1-15-14-12-9-5-6-10-13(12)16-17(14)11-7-3-2-4-8-11/h2-10H,1H3,(H,15,16)/p+1. The topological polar surface area (TPSA) is 31.7 Å². The number of aromatic amines is 1. The fraction of sp³-hybridized carbons (Fsp3) is 0.0714. The van der Waals surface area contributed by atoms with Gasteiger partial charge in [-0.3, -0.25) is 5.32 Å². The van der Waals surface area contributed by atoms with E-state index in [2.05, 4.69) is 39.4 Å². The van der Waals surface area contributed by atoms with Crippen LogP contribution in [0.5, 0.6) is 0 Å². The minimum atomic E-state index is 1.08. The average molecular weight is 224 g/mol. The summed E-state index contributed by atoms with van der Waals surface area (Å²) >= 11 is 0. The Morgan fingerprint density at radius 2 is 1.65 bits per heavy atom. The zero-order valence-corrected chi connectivity index (χ0v) is 9.64. The second-order valence-electron chi connectivity index (χ2n) is 3.93. The van der Waals surface area contributed by atoms with Gasteiger partial charge in [0.05, 0.1) is 18.0 Å². The highest BCUT2D eigenvalue weighted by Gasteiger charge is 2.16. The highest BCUT2D eigenvalue weighted by atomic mass is 15.3. The molecule has 3 nitrogen and oxygen atoms in total. The molecule has 0 aliphatic rings. The maximum atomic E-state index is 3.39. The Bertz CT molecular complexity index is 641. The Kier molecular flexibility index (Phi) is 2.29. The van der Waals surface area contributed by atoms with Gasteiger partial charge in [-0.1, -0.05) is 30.3 Å². The molecule has 0 saturated heterocycles. The average Bonchev–Trinajstić information content (AvgIpc) is 2.78. The molecular weight excluding hydrogens is 210 g/mol. The van der Waals surface area contributed by atoms with Gasteiger partial charge in [0.15, 0.2) is 5.69 Å². The van der Waals surface area contributed by atoms with Crippen LogP contribution in [0.1, 0.15) is 0 Å². The molecule has 0 bridgehead atoms. The highest BCUT2D eigenvalue weighted by Crippen LogP contribution is 2.19. The van der Waals surface area contributed by atoms with Gasteiger partial charge in [0.2, 0.25) is 0 Å². The summed E-state index contributed by atoms with van der Waals surface area (Å²) in [7, 11) is 1.94. The molecule has 0 radical (unpaired) electrons. The van der Waals surface area contributed by atoms with E-state index in [1.165, 1.54) is 5.39 Å². The van der Waals surface area contributed by atoms with Crippen LogP contribution in [-0.2, 0) is 0 Å². The maximum absolute atomic E-state index is 3.39. The number of nitrogens with one attached hydrogen (secondary N) is 2. The third-order valence-electron chi connectivity index (χ3n) is 2.89. The molecule has 3 rings (SSSR count). The fourth-order valence-electron chi connectivity index (χ4n) is 2.10. The molecule has 0 atom stereocenters. The first-order valence-corrected chi connectivity index (χ1v) is 5.66. The number of nitrogens with zero attached hydrogens (tertiary/aromatic N) is 1. The molecule has 0 spiro atoms. The molecule has 0 aliphatic carbocycles. The van der Waals surface area contributed by atoms with Crippen LogP contribution >= 0.6 is 0 Å². The third kappa shape index (κ3) is 1.56. The van der Waals surface area contributed by atoms with Crippen LogP contribution in [0.25, 0.3) is 16.6 Å². The molecule has 2 N–H and O–H groups in total. The second kappa shape index (κ2) is 3.94. The Balaban J connectivity index is 2.30. The van der Waals surface area contributed by atoms with Crippen LogP contribution in [0, 0.1) is 0 Å². The summed E-state index contributed by atoms with van der Waals surface area (Å²) in [6.45, 7) is 0. The first-order valence-electron chi connectivity index (χ1n) is 5.66. The maximum Gasteiger partial charge on any atom is 0.308 e. The molecule has 0 amide bonds. The minimum absolute atomic E-state index is 1.08. The van der Waals surface area contributed by atoms with Crippen LogP contribution in [0.2, 0.25) is 0 Å². The molecule has 3 heteroatoms. The van der Waals surface area contributed by atoms with Gasteiger partial charge < -0.3 is 0 Å². The lowest BCUT2D eigenvalue weighted by molar-refractivity contribution is -0.639. The summed E-state index contributed by atoms with van der Waals surface area (Å²) in [6.07, 6.45) is 0. The lowest BCUT2D eigenvalue weighted by Crippen LogP contribution is -2.34. The van der Waals surface area contributed by atoms with Gasteiger partial charge in [-0.05, 0) is 24.3 Å². The predicted molar refractivity (Wildman–Crippen MR) is 69.4 cm³/mol. The van der Waals surface area contributed by atoms with E-state index in [9.17, 15) is 0 Å². The molecule has 0 fully saturated rings. The van der Waals surface area contributed by atoms with Crippen molar-refractivity contribution in [2.24, 2.45) is 0 Å². The third-order valence-corrected chi connectivity index (χ3v) is 2.89. The smallest absolute Gasteiger partial charge is 0.275 e. The molecule has 0 unspecified atom stereocenters. The van der Waals surface area contributed by atoms with E-state index >= 15 is 0 Å². The summed E-state index contributed by atoms with van der Waals surface area (Å²) in [5.74, 6) is 1.08. The van der Waals surface area contributed by atoms with Crippen molar-refractivity contribution in [3.63, 3.8) is 0 Å². The number of rotatable bonds is 2. The number of hydrogen-bond donors (Lipinski definition) is 2. The van der Waals surface area contributed by atoms with Gasteiger partial charge in [-0.2, -0.15) is 0 Å². The molecule has 3 aromatic rings. The number of hydrogen-bond acceptors (Lipinski definition) is 1. The van der Waals surface area contributed by atoms with Crippen molar-refractivity contribution in [3.8, 4) is 5.69 Å². The van der Waals surface area contributed by atoms with Crippen LogP contribution < -0.4 is 10.00 Å². The van der Waals surface area contributed by atoms with Crippen LogP contribution in [0.3, 0.4) is 0 Å². The zero-order chi connectivity index (χ0) is 11.7. The largest absolute Gasteiger partial charge is 0.308 e. The fourth-order valence-corrected chi connectivity index (χ4v) is 2.10. The van der Waals surface area contributed by atoms with Gasteiger partial charge in [0, 0.05) is 0 Å². The summed E-state index contributed by atoms with van der Waals surface area (Å²) < 4.78 is 2.06. The van der Waals surface area contributed by atoms with E-state index in [-0.39, 0.29) is 0 Å². The van der Waals surface area contributed by atoms with E-state index in [0.717, 1.165) is 17.0 Å². The molecule has 1 aromatic heterocycles. The SMILES string of the molecule is CNc1c2ccccc2[nH][n+]1-c1ccccc1. The Hall–Kier alpha value is -2.29. The number of fused-ring (bicyclic) bond motifs is 1. The molecule has 17 heavy (non-hydrogen) atoms. The second-order valence-corrected chi connectivity index (χ2v) is 3.93. The lowest BCUT2D eigenvalue weighted by Gasteiger charge is -1.98. The first-order chi connectivity index (χ1) is 8.40. The highest BCUT2D eigenvalue weighted by molar-refractivity contribution is 5.87. The van der Waals surface area contributed by atoms with Crippen molar-refractivity contribution in [2.75, 3.05) is 12.4 Å². The molecule has 1 heterocycles. The van der Waals surface area contributed by atoms with E-state index in [0.29, 0.717) is 0 Å². The van der Waals surface area contributed by atoms with Crippen LogP contribution in [0.4, 0.5) is 5.82 Å². The van der Waals surface area contributed by atoms with E-state index in [1.807, 2.05) is 37.4 Å². The first kappa shape index (κ1) is 9.90. The number of H-pyrrole nitrogens is 1. The van der Waals surface area contributed by atoms with E-state index in [4.69, 9.17) is 0 Å². The van der Waals surface area contributed by atoms with Crippen molar-refractivity contribution >= 4 is 16.7 Å². The van der Waals surface area contributed by atoms with Crippen LogP contribution in [0.15, 0.2) is 54.6 Å². The van der Waals surface area contributed by atoms with Crippen molar-refractivity contribution in [1.82, 2.24) is 5.10 Å². The molecule has 2 aromatic carbocycles. The summed E-state index contributed by atoms with van der Waals surface area (Å²) in [4.78, 5) is 0. The number of anilines is 1. The minimum Gasteiger partial charge on any atom is -0.275 e. The number of aromatic nitrogens is 2. The number of benzene rings is 2. The Morgan fingerprint density at radius 3 is 2.41 bits per heavy atom. The number of para-hydroxylation sites is 2. The van der Waals surface area contributed by atoms with E-state index in [1.54, 1.807) is 0 Å². The summed E-state index contributed by atoms with van der Waals surface area (Å²) in [6, 6.07) is 18.5. The Morgan fingerprint density at radius 1 is 0.941 bits per heavy atom. The van der Waals surface area contributed by atoms with Crippen LogP contribution in [-0.4, -0.2) is 12.1 Å². The molecule has 0 saturated carbocycles. The summed E-state index contributed by atoms with van der Waals surface area (Å²) in [5.41, 5.74) is 2.24. The summed E-state index contributed by atoms with van der Waals surface area (Å²) in [5, 5.41) is 7.83. The van der Waals surface area contributed by atoms with Gasteiger partial charge >= 0.3 is 5.82 Å². The van der Waals surface area contributed by atoms with E-state index < -0.39 is 0 Å². The normalized spacial score (nSPS) is 10.6. The lowest BCUT2D eigenvalue weighted by atomic mass is 10.2. The van der Waals surface area contributed by atoms with Gasteiger partial charge in [-0.15, -0.1) is 4.68 Å². The van der Waals surface area contributed by atoms with Gasteiger partial charge in [-0.25, -0.2) is 5.10 Å². The molecule has 0 aliphatic heterocycles. The van der Waals surface area contributed by atoms with Crippen molar-refractivity contribution in [2.45, 2.75) is 0 Å². The predicted octanol–water partition coefficient (Wildman–Crippen LogP) is 2.49. The van der Waals surface area contributed by atoms with Crippen molar-refractivity contribution in [3.05, 3.63) is 54.6 Å². The van der Waals surface area contributed by atoms with Gasteiger partial charge in [0.1, 0.15) is 0 Å². The zero-order valence-electron chi connectivity index (χ0n) is 9.64. The quantitative estimate of drug-likeness (QED) is 0.644. The monoisotopic (exact) mass is 224 g/mol. The van der Waals surface area contributed by atoms with Gasteiger partial charge in [0.25, 0.3) is 0 Å². The van der Waals surface area contributed by atoms with Crippen molar-refractivity contribution < 1.29 is 4.68 Å². The molecule has 84 valence electrons. The Labute approximate surface area is 99.7 Å².